The van der Waals surface area contributed by atoms with Gasteiger partial charge in [-0.2, -0.15) is 0 Å². The zero-order valence-electron chi connectivity index (χ0n) is 11.4. The van der Waals surface area contributed by atoms with Gasteiger partial charge >= 0.3 is 0 Å². The standard InChI is InChI=1S/C16H19N3O/c17-18-16(20)15-9-4-10-19(15)11-13-7-3-6-12-5-1-2-8-14(12)13/h1-3,5-8,15H,4,9-11,17H2,(H,18,20)/t15-/m0/s1. The van der Waals surface area contributed by atoms with E-state index in [1.807, 2.05) is 6.07 Å². The summed E-state index contributed by atoms with van der Waals surface area (Å²) in [5, 5.41) is 2.50. The molecule has 1 aliphatic rings. The van der Waals surface area contributed by atoms with E-state index in [0.717, 1.165) is 25.9 Å². The monoisotopic (exact) mass is 269 g/mol. The van der Waals surface area contributed by atoms with Gasteiger partial charge in [-0.25, -0.2) is 5.84 Å². The van der Waals surface area contributed by atoms with Gasteiger partial charge in [0.2, 0.25) is 0 Å². The summed E-state index contributed by atoms with van der Waals surface area (Å²) >= 11 is 0. The first kappa shape index (κ1) is 13.1. The summed E-state index contributed by atoms with van der Waals surface area (Å²) in [7, 11) is 0. The van der Waals surface area contributed by atoms with Crippen molar-refractivity contribution in [3.63, 3.8) is 0 Å². The predicted molar refractivity (Wildman–Crippen MR) is 79.7 cm³/mol. The average Bonchev–Trinajstić information content (AvgIpc) is 2.95. The first-order valence-corrected chi connectivity index (χ1v) is 7.01. The number of amides is 1. The Hall–Kier alpha value is -1.91. The highest BCUT2D eigenvalue weighted by molar-refractivity contribution is 5.86. The topological polar surface area (TPSA) is 58.4 Å². The number of carbonyl (C=O) groups is 1. The fourth-order valence-corrected chi connectivity index (χ4v) is 3.06. The second-order valence-corrected chi connectivity index (χ2v) is 5.28. The van der Waals surface area contributed by atoms with Crippen molar-refractivity contribution < 1.29 is 4.79 Å². The van der Waals surface area contributed by atoms with Crippen molar-refractivity contribution in [3.8, 4) is 0 Å². The van der Waals surface area contributed by atoms with Crippen molar-refractivity contribution in [3.05, 3.63) is 48.0 Å². The second-order valence-electron chi connectivity index (χ2n) is 5.28. The van der Waals surface area contributed by atoms with E-state index >= 15 is 0 Å². The van der Waals surface area contributed by atoms with Crippen molar-refractivity contribution >= 4 is 16.7 Å². The maximum Gasteiger partial charge on any atom is 0.251 e. The quantitative estimate of drug-likeness (QED) is 0.507. The number of nitrogens with two attached hydrogens (primary N) is 1. The van der Waals surface area contributed by atoms with Crippen LogP contribution in [0.1, 0.15) is 18.4 Å². The molecule has 2 aromatic rings. The van der Waals surface area contributed by atoms with Gasteiger partial charge < -0.3 is 0 Å². The van der Waals surface area contributed by atoms with E-state index in [9.17, 15) is 4.79 Å². The van der Waals surface area contributed by atoms with E-state index in [-0.39, 0.29) is 11.9 Å². The highest BCUT2D eigenvalue weighted by atomic mass is 16.2. The van der Waals surface area contributed by atoms with Crippen LogP contribution in [0.25, 0.3) is 10.8 Å². The van der Waals surface area contributed by atoms with E-state index in [0.29, 0.717) is 0 Å². The van der Waals surface area contributed by atoms with E-state index in [1.165, 1.54) is 16.3 Å². The third-order valence-corrected chi connectivity index (χ3v) is 4.06. The third-order valence-electron chi connectivity index (χ3n) is 4.06. The van der Waals surface area contributed by atoms with Gasteiger partial charge in [-0.3, -0.25) is 15.1 Å². The maximum absolute atomic E-state index is 11.8. The molecule has 3 rings (SSSR count). The maximum atomic E-state index is 11.8. The lowest BCUT2D eigenvalue weighted by Crippen LogP contribution is -2.45. The molecule has 0 unspecified atom stereocenters. The molecule has 0 radical (unpaired) electrons. The summed E-state index contributed by atoms with van der Waals surface area (Å²) < 4.78 is 0. The Kier molecular flexibility index (Phi) is 3.67. The van der Waals surface area contributed by atoms with Crippen molar-refractivity contribution in [1.82, 2.24) is 10.3 Å². The minimum absolute atomic E-state index is 0.0808. The number of hydrogen-bond acceptors (Lipinski definition) is 3. The van der Waals surface area contributed by atoms with E-state index in [4.69, 9.17) is 5.84 Å². The summed E-state index contributed by atoms with van der Waals surface area (Å²) in [6, 6.07) is 14.6. The number of hydrazine groups is 1. The molecule has 4 heteroatoms. The first-order valence-electron chi connectivity index (χ1n) is 7.01. The molecule has 1 saturated heterocycles. The Bertz CT molecular complexity index is 621. The first-order chi connectivity index (χ1) is 9.79. The Labute approximate surface area is 118 Å². The molecule has 2 aromatic carbocycles. The summed E-state index contributed by atoms with van der Waals surface area (Å²) in [5.74, 6) is 5.19. The van der Waals surface area contributed by atoms with Crippen LogP contribution in [0.15, 0.2) is 42.5 Å². The Balaban J connectivity index is 1.87. The molecule has 0 bridgehead atoms. The number of fused-ring (bicyclic) bond motifs is 1. The summed E-state index contributed by atoms with van der Waals surface area (Å²) in [6.07, 6.45) is 1.93. The number of rotatable bonds is 3. The van der Waals surface area contributed by atoms with Crippen LogP contribution in [0.3, 0.4) is 0 Å². The van der Waals surface area contributed by atoms with Crippen LogP contribution in [0.2, 0.25) is 0 Å². The molecule has 1 atom stereocenters. The van der Waals surface area contributed by atoms with Crippen LogP contribution in [-0.2, 0) is 11.3 Å². The minimum atomic E-state index is -0.0982. The molecular formula is C16H19N3O. The summed E-state index contributed by atoms with van der Waals surface area (Å²) in [5.41, 5.74) is 3.54. The lowest BCUT2D eigenvalue weighted by Gasteiger charge is -2.23. The molecule has 0 spiro atoms. The molecule has 3 N–H and O–H groups in total. The van der Waals surface area contributed by atoms with Gasteiger partial charge in [0.25, 0.3) is 5.91 Å². The van der Waals surface area contributed by atoms with E-state index in [1.54, 1.807) is 0 Å². The zero-order valence-corrected chi connectivity index (χ0v) is 11.4. The minimum Gasteiger partial charge on any atom is -0.293 e. The van der Waals surface area contributed by atoms with Crippen molar-refractivity contribution in [2.75, 3.05) is 6.54 Å². The number of nitrogens with one attached hydrogen (secondary N) is 1. The van der Waals surface area contributed by atoms with Crippen molar-refractivity contribution in [1.29, 1.82) is 0 Å². The Morgan fingerprint density at radius 1 is 1.25 bits per heavy atom. The number of carbonyl (C=O) groups excluding carboxylic acids is 1. The largest absolute Gasteiger partial charge is 0.293 e. The predicted octanol–water partition coefficient (Wildman–Crippen LogP) is 1.79. The van der Waals surface area contributed by atoms with Gasteiger partial charge in [0.15, 0.2) is 0 Å². The molecule has 1 aliphatic heterocycles. The molecule has 4 nitrogen and oxygen atoms in total. The van der Waals surface area contributed by atoms with Gasteiger partial charge in [0.1, 0.15) is 0 Å². The van der Waals surface area contributed by atoms with Gasteiger partial charge in [-0.05, 0) is 35.7 Å². The van der Waals surface area contributed by atoms with Gasteiger partial charge in [0, 0.05) is 6.54 Å². The van der Waals surface area contributed by atoms with Crippen molar-refractivity contribution in [2.45, 2.75) is 25.4 Å². The lowest BCUT2D eigenvalue weighted by molar-refractivity contribution is -0.125. The summed E-state index contributed by atoms with van der Waals surface area (Å²) in [6.45, 7) is 1.74. The van der Waals surface area contributed by atoms with Gasteiger partial charge in [0.05, 0.1) is 6.04 Å². The highest BCUT2D eigenvalue weighted by Gasteiger charge is 2.30. The molecule has 1 heterocycles. The molecule has 1 fully saturated rings. The second kappa shape index (κ2) is 5.61. The number of likely N-dealkylation sites (tertiary alicyclic amines) is 1. The van der Waals surface area contributed by atoms with Crippen LogP contribution in [0.5, 0.6) is 0 Å². The fraction of sp³-hybridized carbons (Fsp3) is 0.312. The van der Waals surface area contributed by atoms with Crippen LogP contribution in [0.4, 0.5) is 0 Å². The zero-order chi connectivity index (χ0) is 13.9. The SMILES string of the molecule is NNC(=O)[C@@H]1CCCN1Cc1cccc2ccccc12. The lowest BCUT2D eigenvalue weighted by atomic mass is 10.0. The highest BCUT2D eigenvalue weighted by Crippen LogP contribution is 2.24. The normalized spacial score (nSPS) is 19.4. The van der Waals surface area contributed by atoms with E-state index in [2.05, 4.69) is 46.7 Å². The van der Waals surface area contributed by atoms with Crippen LogP contribution in [0, 0.1) is 0 Å². The van der Waals surface area contributed by atoms with Gasteiger partial charge in [-0.15, -0.1) is 0 Å². The molecule has 104 valence electrons. The van der Waals surface area contributed by atoms with Crippen LogP contribution >= 0.6 is 0 Å². The molecular weight excluding hydrogens is 250 g/mol. The van der Waals surface area contributed by atoms with Crippen LogP contribution < -0.4 is 11.3 Å². The van der Waals surface area contributed by atoms with Gasteiger partial charge in [-0.1, -0.05) is 42.5 Å². The summed E-state index contributed by atoms with van der Waals surface area (Å²) in [4.78, 5) is 14.0. The number of nitrogens with zero attached hydrogens (tertiary/aromatic N) is 1. The molecule has 20 heavy (non-hydrogen) atoms. The Morgan fingerprint density at radius 2 is 2.05 bits per heavy atom. The Morgan fingerprint density at radius 3 is 2.90 bits per heavy atom. The van der Waals surface area contributed by atoms with E-state index < -0.39 is 0 Å². The average molecular weight is 269 g/mol. The molecule has 0 aliphatic carbocycles. The smallest absolute Gasteiger partial charge is 0.251 e. The van der Waals surface area contributed by atoms with Crippen LogP contribution in [-0.4, -0.2) is 23.4 Å². The third kappa shape index (κ3) is 2.40. The van der Waals surface area contributed by atoms with Crippen molar-refractivity contribution in [2.24, 2.45) is 5.84 Å². The molecule has 0 saturated carbocycles. The number of hydrogen-bond donors (Lipinski definition) is 2. The fourth-order valence-electron chi connectivity index (χ4n) is 3.06. The molecule has 0 aromatic heterocycles. The molecule has 1 amide bonds. The number of benzene rings is 2.